The molecule has 1 aliphatic heterocycles. The van der Waals surface area contributed by atoms with Crippen LogP contribution in [0, 0.1) is 0 Å². The summed E-state index contributed by atoms with van der Waals surface area (Å²) >= 11 is 3.54. The number of fused-ring (bicyclic) bond motifs is 1. The van der Waals surface area contributed by atoms with E-state index in [1.807, 2.05) is 31.7 Å². The molecule has 1 aromatic carbocycles. The van der Waals surface area contributed by atoms with Crippen molar-refractivity contribution >= 4 is 15.9 Å². The van der Waals surface area contributed by atoms with E-state index in [0.29, 0.717) is 6.04 Å². The summed E-state index contributed by atoms with van der Waals surface area (Å²) in [6.45, 7) is 3.15. The van der Waals surface area contributed by atoms with E-state index in [-0.39, 0.29) is 6.10 Å². The Morgan fingerprint density at radius 1 is 1.48 bits per heavy atom. The van der Waals surface area contributed by atoms with Crippen molar-refractivity contribution in [2.24, 2.45) is 0 Å². The zero-order valence-corrected chi connectivity index (χ0v) is 13.9. The molecule has 2 aromatic rings. The Morgan fingerprint density at radius 3 is 3.10 bits per heavy atom. The van der Waals surface area contributed by atoms with Gasteiger partial charge in [0.25, 0.3) is 0 Å². The normalized spacial score (nSPS) is 20.9. The van der Waals surface area contributed by atoms with E-state index in [0.717, 1.165) is 35.3 Å². The van der Waals surface area contributed by atoms with Gasteiger partial charge in [0.2, 0.25) is 0 Å². The number of nitrogens with zero attached hydrogens (tertiary/aromatic N) is 2. The zero-order chi connectivity index (χ0) is 14.8. The van der Waals surface area contributed by atoms with Crippen molar-refractivity contribution in [2.45, 2.75) is 38.5 Å². The van der Waals surface area contributed by atoms with E-state index in [1.54, 1.807) is 0 Å². The molecule has 0 amide bonds. The van der Waals surface area contributed by atoms with Gasteiger partial charge >= 0.3 is 0 Å². The minimum atomic E-state index is 0.0465. The smallest absolute Gasteiger partial charge is 0.142 e. The highest BCUT2D eigenvalue weighted by atomic mass is 79.9. The van der Waals surface area contributed by atoms with Crippen LogP contribution >= 0.6 is 15.9 Å². The molecule has 1 aromatic heterocycles. The highest BCUT2D eigenvalue weighted by Crippen LogP contribution is 2.41. The quantitative estimate of drug-likeness (QED) is 0.911. The van der Waals surface area contributed by atoms with Crippen LogP contribution in [0.15, 0.2) is 35.2 Å². The van der Waals surface area contributed by atoms with Crippen LogP contribution in [0.4, 0.5) is 0 Å². The van der Waals surface area contributed by atoms with Crippen LogP contribution in [0.3, 0.4) is 0 Å². The lowest BCUT2D eigenvalue weighted by Gasteiger charge is -2.32. The monoisotopic (exact) mass is 349 g/mol. The molecule has 0 bridgehead atoms. The molecule has 0 aliphatic carbocycles. The van der Waals surface area contributed by atoms with Gasteiger partial charge in [-0.15, -0.1) is 0 Å². The van der Waals surface area contributed by atoms with Gasteiger partial charge in [-0.2, -0.15) is 0 Å². The molecule has 2 heterocycles. The Balaban J connectivity index is 1.93. The average molecular weight is 350 g/mol. The van der Waals surface area contributed by atoms with Gasteiger partial charge in [-0.05, 0) is 31.7 Å². The van der Waals surface area contributed by atoms with Gasteiger partial charge in [-0.1, -0.05) is 22.9 Å². The Labute approximate surface area is 133 Å². The molecule has 0 saturated carbocycles. The van der Waals surface area contributed by atoms with Crippen LogP contribution in [0.1, 0.15) is 43.2 Å². The predicted molar refractivity (Wildman–Crippen MR) is 86.4 cm³/mol. The number of hydrogen-bond acceptors (Lipinski definition) is 3. The molecule has 21 heavy (non-hydrogen) atoms. The fourth-order valence-corrected chi connectivity index (χ4v) is 3.30. The topological polar surface area (TPSA) is 39.1 Å². The van der Waals surface area contributed by atoms with Gasteiger partial charge in [0.15, 0.2) is 0 Å². The van der Waals surface area contributed by atoms with Crippen LogP contribution in [-0.4, -0.2) is 16.6 Å². The number of hydrogen-bond donors (Lipinski definition) is 1. The first-order valence-electron chi connectivity index (χ1n) is 7.36. The van der Waals surface area contributed by atoms with Gasteiger partial charge in [0, 0.05) is 29.0 Å². The second kappa shape index (κ2) is 6.20. The zero-order valence-electron chi connectivity index (χ0n) is 12.3. The highest BCUT2D eigenvalue weighted by molar-refractivity contribution is 9.10. The second-order valence-corrected chi connectivity index (χ2v) is 6.29. The van der Waals surface area contributed by atoms with Crippen molar-refractivity contribution in [1.82, 2.24) is 14.9 Å². The van der Waals surface area contributed by atoms with Crippen molar-refractivity contribution in [2.75, 3.05) is 7.05 Å². The summed E-state index contributed by atoms with van der Waals surface area (Å²) in [5.74, 6) is 0.957. The van der Waals surface area contributed by atoms with E-state index in [2.05, 4.69) is 43.8 Å². The minimum absolute atomic E-state index is 0.0465. The second-order valence-electron chi connectivity index (χ2n) is 5.38. The fourth-order valence-electron chi connectivity index (χ4n) is 2.92. The summed E-state index contributed by atoms with van der Waals surface area (Å²) in [6, 6.07) is 6.49. The molecule has 0 saturated heterocycles. The van der Waals surface area contributed by atoms with E-state index in [9.17, 15) is 0 Å². The van der Waals surface area contributed by atoms with E-state index in [1.165, 1.54) is 5.56 Å². The molecule has 0 radical (unpaired) electrons. The molecule has 2 atom stereocenters. The maximum Gasteiger partial charge on any atom is 0.142 e. The fraction of sp³-hybridized carbons (Fsp3) is 0.438. The van der Waals surface area contributed by atoms with Crippen molar-refractivity contribution in [3.05, 3.63) is 46.5 Å². The molecular formula is C16H20BrN3O. The number of rotatable bonds is 4. The van der Waals surface area contributed by atoms with Crippen LogP contribution in [0.5, 0.6) is 5.75 Å². The summed E-state index contributed by atoms with van der Waals surface area (Å²) in [5.41, 5.74) is 2.37. The number of nitrogens with one attached hydrogen (secondary N) is 1. The van der Waals surface area contributed by atoms with Gasteiger partial charge in [0.1, 0.15) is 11.9 Å². The maximum absolute atomic E-state index is 6.23. The molecule has 0 spiro atoms. The van der Waals surface area contributed by atoms with Gasteiger partial charge in [-0.25, -0.2) is 4.98 Å². The van der Waals surface area contributed by atoms with Gasteiger partial charge in [0.05, 0.1) is 18.2 Å². The number of aryl methyl sites for hydroxylation is 1. The number of aromatic nitrogens is 2. The molecule has 4 nitrogen and oxygen atoms in total. The summed E-state index contributed by atoms with van der Waals surface area (Å²) in [7, 11) is 2.00. The SMILES string of the molecule is CCCn1cncc1C1CC(NC)c2cc(Br)ccc2O1. The van der Waals surface area contributed by atoms with E-state index in [4.69, 9.17) is 4.74 Å². The lowest BCUT2D eigenvalue weighted by Crippen LogP contribution is -2.28. The van der Waals surface area contributed by atoms with E-state index >= 15 is 0 Å². The molecule has 0 fully saturated rings. The van der Waals surface area contributed by atoms with Crippen molar-refractivity contribution in [3.63, 3.8) is 0 Å². The van der Waals surface area contributed by atoms with Crippen molar-refractivity contribution in [1.29, 1.82) is 0 Å². The van der Waals surface area contributed by atoms with Crippen molar-refractivity contribution in [3.8, 4) is 5.75 Å². The minimum Gasteiger partial charge on any atom is -0.484 e. The Hall–Kier alpha value is -1.33. The largest absolute Gasteiger partial charge is 0.484 e. The van der Waals surface area contributed by atoms with Crippen LogP contribution in [0.2, 0.25) is 0 Å². The third kappa shape index (κ3) is 2.85. The van der Waals surface area contributed by atoms with Gasteiger partial charge in [-0.3, -0.25) is 0 Å². The molecule has 112 valence electrons. The Bertz CT molecular complexity index is 626. The number of halogens is 1. The predicted octanol–water partition coefficient (Wildman–Crippen LogP) is 3.84. The standard InChI is InChI=1S/C16H20BrN3O/c1-3-6-20-10-19-9-14(20)16-8-13(18-2)12-7-11(17)4-5-15(12)21-16/h4-5,7,9-10,13,16,18H,3,6,8H2,1-2H3. The number of imidazole rings is 1. The van der Waals surface area contributed by atoms with Crippen LogP contribution in [-0.2, 0) is 6.54 Å². The van der Waals surface area contributed by atoms with E-state index < -0.39 is 0 Å². The molecule has 2 unspecified atom stereocenters. The first-order chi connectivity index (χ1) is 10.2. The number of benzene rings is 1. The number of ether oxygens (including phenoxy) is 1. The lowest BCUT2D eigenvalue weighted by atomic mass is 9.95. The lowest BCUT2D eigenvalue weighted by molar-refractivity contribution is 0.145. The summed E-state index contributed by atoms with van der Waals surface area (Å²) in [5, 5.41) is 3.40. The first-order valence-corrected chi connectivity index (χ1v) is 8.15. The van der Waals surface area contributed by atoms with Gasteiger partial charge < -0.3 is 14.6 Å². The molecule has 3 rings (SSSR count). The summed E-state index contributed by atoms with van der Waals surface area (Å²) in [4.78, 5) is 4.29. The highest BCUT2D eigenvalue weighted by Gasteiger charge is 2.30. The van der Waals surface area contributed by atoms with Crippen LogP contribution in [0.25, 0.3) is 0 Å². The average Bonchev–Trinajstić information content (AvgIpc) is 2.95. The van der Waals surface area contributed by atoms with Crippen molar-refractivity contribution < 1.29 is 4.74 Å². The summed E-state index contributed by atoms with van der Waals surface area (Å²) in [6.07, 6.45) is 5.87. The maximum atomic E-state index is 6.23. The third-order valence-corrected chi connectivity index (χ3v) is 4.45. The molecule has 5 heteroatoms. The molecular weight excluding hydrogens is 330 g/mol. The third-order valence-electron chi connectivity index (χ3n) is 3.95. The molecule has 1 aliphatic rings. The van der Waals surface area contributed by atoms with Crippen LogP contribution < -0.4 is 10.1 Å². The Kier molecular flexibility index (Phi) is 4.31. The summed E-state index contributed by atoms with van der Waals surface area (Å²) < 4.78 is 9.51. The molecule has 1 N–H and O–H groups in total. The first kappa shape index (κ1) is 14.6. The Morgan fingerprint density at radius 2 is 2.33 bits per heavy atom.